The number of benzene rings is 4. The number of carbonyl (C=O) groups is 1. The van der Waals surface area contributed by atoms with Crippen molar-refractivity contribution in [3.63, 3.8) is 0 Å². The number of hydrogen-bond acceptors (Lipinski definition) is 7. The number of aromatic nitrogens is 1. The van der Waals surface area contributed by atoms with Crippen LogP contribution >= 0.6 is 0 Å². The van der Waals surface area contributed by atoms with Crippen molar-refractivity contribution in [1.82, 2.24) is 9.88 Å². The topological polar surface area (TPSA) is 84.4 Å². The van der Waals surface area contributed by atoms with E-state index >= 15 is 0 Å². The van der Waals surface area contributed by atoms with Gasteiger partial charge in [-0.15, -0.1) is 0 Å². The number of pyridine rings is 1. The molecule has 1 aromatic heterocycles. The van der Waals surface area contributed by atoms with Crippen LogP contribution in [-0.2, 0) is 11.3 Å². The maximum Gasteiger partial charge on any atom is 0.254 e. The monoisotopic (exact) mass is 588 g/mol. The van der Waals surface area contributed by atoms with E-state index in [-0.39, 0.29) is 12.5 Å². The fraction of sp³-hybridized carbons (Fsp3) is 0.222. The Morgan fingerprint density at radius 3 is 2.52 bits per heavy atom. The van der Waals surface area contributed by atoms with Crippen molar-refractivity contribution in [2.45, 2.75) is 12.6 Å². The van der Waals surface area contributed by atoms with Crippen LogP contribution in [0.2, 0.25) is 0 Å². The summed E-state index contributed by atoms with van der Waals surface area (Å²) in [6, 6.07) is 36.0. The van der Waals surface area contributed by atoms with Gasteiger partial charge in [0.05, 0.1) is 24.8 Å². The van der Waals surface area contributed by atoms with E-state index in [0.29, 0.717) is 67.7 Å². The molecule has 1 aliphatic heterocycles. The molecule has 0 bridgehead atoms. The van der Waals surface area contributed by atoms with E-state index in [1.54, 1.807) is 23.2 Å². The minimum Gasteiger partial charge on any atom is -0.491 e. The molecule has 44 heavy (non-hydrogen) atoms. The summed E-state index contributed by atoms with van der Waals surface area (Å²) in [5, 5.41) is 11.7. The molecule has 6 rings (SSSR count). The largest absolute Gasteiger partial charge is 0.491 e. The maximum absolute atomic E-state index is 13.0. The van der Waals surface area contributed by atoms with E-state index in [0.717, 1.165) is 16.6 Å². The molecule has 4 aromatic carbocycles. The quantitative estimate of drug-likeness (QED) is 0.211. The average Bonchev–Trinajstić information content (AvgIpc) is 3.08. The molecule has 0 unspecified atom stereocenters. The first kappa shape index (κ1) is 29.2. The first-order valence-corrected chi connectivity index (χ1v) is 14.7. The highest BCUT2D eigenvalue weighted by Gasteiger charge is 2.20. The fourth-order valence-electron chi connectivity index (χ4n) is 5.16. The SMILES string of the molecule is O=C(c1ccc2c(Oc3[c]c(N(Cc4ccccc4)C[C@H](O)COc4ccccc4)ccc3)ccnc2c1)N1CCOCC1. The van der Waals surface area contributed by atoms with Crippen molar-refractivity contribution >= 4 is 22.5 Å². The molecule has 1 amide bonds. The Morgan fingerprint density at radius 2 is 1.73 bits per heavy atom. The molecule has 1 atom stereocenters. The van der Waals surface area contributed by atoms with Gasteiger partial charge in [-0.05, 0) is 54.1 Å². The van der Waals surface area contributed by atoms with Gasteiger partial charge in [0.2, 0.25) is 0 Å². The van der Waals surface area contributed by atoms with Crippen molar-refractivity contribution < 1.29 is 24.1 Å². The standard InChI is InChI=1S/C36H34N3O5/c40-30(26-43-31-11-5-2-6-12-31)25-39(24-27-8-3-1-4-9-27)29-10-7-13-32(23-29)44-35-16-17-37-34-22-28(14-15-33(34)35)36(41)38-18-20-42-21-19-38/h1-17,22,30,40H,18-21,24-26H2/t30-/m0/s1. The normalized spacial score (nSPS) is 13.8. The summed E-state index contributed by atoms with van der Waals surface area (Å²) in [7, 11) is 0. The minimum absolute atomic E-state index is 0.0285. The second-order valence-electron chi connectivity index (χ2n) is 10.6. The molecular formula is C36H34N3O5. The number of aliphatic hydroxyl groups excluding tert-OH is 1. The molecular weight excluding hydrogens is 554 g/mol. The second-order valence-corrected chi connectivity index (χ2v) is 10.6. The number of hydrogen-bond donors (Lipinski definition) is 1. The highest BCUT2D eigenvalue weighted by molar-refractivity contribution is 5.99. The smallest absolute Gasteiger partial charge is 0.254 e. The Labute approximate surface area is 257 Å². The molecule has 1 saturated heterocycles. The number of amides is 1. The predicted octanol–water partition coefficient (Wildman–Crippen LogP) is 5.75. The molecule has 1 aliphatic rings. The lowest BCUT2D eigenvalue weighted by atomic mass is 10.1. The molecule has 1 N–H and O–H groups in total. The Bertz CT molecular complexity index is 1680. The van der Waals surface area contributed by atoms with Crippen LogP contribution in [0.3, 0.4) is 0 Å². The van der Waals surface area contributed by atoms with E-state index < -0.39 is 6.10 Å². The molecule has 2 heterocycles. The van der Waals surface area contributed by atoms with E-state index in [1.165, 1.54) is 0 Å². The number of para-hydroxylation sites is 1. The van der Waals surface area contributed by atoms with E-state index in [4.69, 9.17) is 14.2 Å². The van der Waals surface area contributed by atoms with Gasteiger partial charge in [-0.1, -0.05) is 54.6 Å². The zero-order valence-electron chi connectivity index (χ0n) is 24.3. The highest BCUT2D eigenvalue weighted by atomic mass is 16.5. The highest BCUT2D eigenvalue weighted by Crippen LogP contribution is 2.31. The van der Waals surface area contributed by atoms with E-state index in [2.05, 4.69) is 28.1 Å². The lowest BCUT2D eigenvalue weighted by molar-refractivity contribution is 0.0303. The van der Waals surface area contributed by atoms with Gasteiger partial charge in [-0.3, -0.25) is 9.78 Å². The van der Waals surface area contributed by atoms with Gasteiger partial charge >= 0.3 is 0 Å². The number of aliphatic hydroxyl groups is 1. The zero-order chi connectivity index (χ0) is 30.1. The summed E-state index contributed by atoms with van der Waals surface area (Å²) < 4.78 is 17.5. The fourth-order valence-corrected chi connectivity index (χ4v) is 5.16. The Balaban J connectivity index is 1.20. The lowest BCUT2D eigenvalue weighted by Crippen LogP contribution is -2.40. The van der Waals surface area contributed by atoms with Gasteiger partial charge in [0.1, 0.15) is 30.0 Å². The number of nitrogens with zero attached hydrogens (tertiary/aromatic N) is 3. The van der Waals surface area contributed by atoms with Gasteiger partial charge in [-0.25, -0.2) is 0 Å². The third-order valence-electron chi connectivity index (χ3n) is 7.39. The van der Waals surface area contributed by atoms with E-state index in [1.807, 2.05) is 78.9 Å². The molecule has 5 aromatic rings. The van der Waals surface area contributed by atoms with Gasteiger partial charge in [0, 0.05) is 49.0 Å². The molecule has 8 heteroatoms. The van der Waals surface area contributed by atoms with Crippen LogP contribution < -0.4 is 14.4 Å². The summed E-state index contributed by atoms with van der Waals surface area (Å²) in [5.41, 5.74) is 3.14. The zero-order valence-corrected chi connectivity index (χ0v) is 24.3. The number of ether oxygens (including phenoxy) is 3. The van der Waals surface area contributed by atoms with Crippen molar-refractivity contribution in [2.24, 2.45) is 0 Å². The van der Waals surface area contributed by atoms with Gasteiger partial charge in [0.15, 0.2) is 0 Å². The van der Waals surface area contributed by atoms with Gasteiger partial charge in [-0.2, -0.15) is 0 Å². The number of carbonyl (C=O) groups excluding carboxylic acids is 1. The maximum atomic E-state index is 13.0. The number of anilines is 1. The first-order chi connectivity index (χ1) is 21.6. The van der Waals surface area contributed by atoms with Gasteiger partial charge in [0.25, 0.3) is 5.91 Å². The third kappa shape index (κ3) is 7.34. The summed E-state index contributed by atoms with van der Waals surface area (Å²) >= 11 is 0. The molecule has 0 aliphatic carbocycles. The molecule has 8 nitrogen and oxygen atoms in total. The van der Waals surface area contributed by atoms with Crippen molar-refractivity contribution in [3.05, 3.63) is 127 Å². The van der Waals surface area contributed by atoms with Gasteiger partial charge < -0.3 is 29.1 Å². The van der Waals surface area contributed by atoms with Crippen molar-refractivity contribution in [2.75, 3.05) is 44.4 Å². The number of rotatable bonds is 11. The lowest BCUT2D eigenvalue weighted by Gasteiger charge is -2.28. The molecule has 223 valence electrons. The van der Waals surface area contributed by atoms with Crippen LogP contribution in [0.1, 0.15) is 15.9 Å². The molecule has 1 radical (unpaired) electrons. The summed E-state index contributed by atoms with van der Waals surface area (Å²) in [6.07, 6.45) is 0.936. The minimum atomic E-state index is -0.740. The molecule has 0 saturated carbocycles. The summed E-state index contributed by atoms with van der Waals surface area (Å²) in [5.74, 6) is 1.82. The first-order valence-electron chi connectivity index (χ1n) is 14.7. The predicted molar refractivity (Wildman–Crippen MR) is 169 cm³/mol. The van der Waals surface area contributed by atoms with Crippen LogP contribution in [0.4, 0.5) is 5.69 Å². The van der Waals surface area contributed by atoms with Crippen LogP contribution in [-0.4, -0.2) is 66.5 Å². The molecule has 0 spiro atoms. The summed E-state index contributed by atoms with van der Waals surface area (Å²) in [6.45, 7) is 3.32. The Morgan fingerprint density at radius 1 is 0.955 bits per heavy atom. The van der Waals surface area contributed by atoms with Crippen molar-refractivity contribution in [1.29, 1.82) is 0 Å². The number of fused-ring (bicyclic) bond motifs is 1. The third-order valence-corrected chi connectivity index (χ3v) is 7.39. The van der Waals surface area contributed by atoms with Crippen LogP contribution in [0.25, 0.3) is 10.9 Å². The van der Waals surface area contributed by atoms with Crippen molar-refractivity contribution in [3.8, 4) is 17.2 Å². The average molecular weight is 589 g/mol. The number of morpholine rings is 1. The van der Waals surface area contributed by atoms with Crippen LogP contribution in [0, 0.1) is 6.07 Å². The Kier molecular flexibility index (Phi) is 9.30. The summed E-state index contributed by atoms with van der Waals surface area (Å²) in [4.78, 5) is 21.4. The Hall–Kier alpha value is -4.92. The second kappa shape index (κ2) is 14.0. The molecule has 1 fully saturated rings. The van der Waals surface area contributed by atoms with Crippen LogP contribution in [0.5, 0.6) is 17.2 Å². The van der Waals surface area contributed by atoms with E-state index in [9.17, 15) is 9.90 Å². The van der Waals surface area contributed by atoms with Crippen LogP contribution in [0.15, 0.2) is 109 Å².